The predicted octanol–water partition coefficient (Wildman–Crippen LogP) is 3.22. The molecule has 1 aliphatic rings. The van der Waals surface area contributed by atoms with Gasteiger partial charge >= 0.3 is 17.9 Å². The molecule has 0 spiro atoms. The van der Waals surface area contributed by atoms with Crippen LogP contribution in [0.1, 0.15) is 37.8 Å². The summed E-state index contributed by atoms with van der Waals surface area (Å²) >= 11 is 0. The van der Waals surface area contributed by atoms with Crippen LogP contribution in [-0.4, -0.2) is 53.0 Å². The fourth-order valence-corrected chi connectivity index (χ4v) is 4.08. The van der Waals surface area contributed by atoms with Crippen molar-refractivity contribution in [2.45, 2.75) is 33.1 Å². The van der Waals surface area contributed by atoms with Gasteiger partial charge in [0.2, 0.25) is 23.0 Å². The Hall–Kier alpha value is -4.15. The van der Waals surface area contributed by atoms with Crippen molar-refractivity contribution in [2.75, 3.05) is 35.0 Å². The molecule has 1 unspecified atom stereocenters. The molecule has 0 aliphatic carbocycles. The first-order valence-corrected chi connectivity index (χ1v) is 10.9. The summed E-state index contributed by atoms with van der Waals surface area (Å²) in [5.74, 6) is -1.66. The van der Waals surface area contributed by atoms with E-state index in [1.807, 2.05) is 6.07 Å². The maximum Gasteiger partial charge on any atom is 0.308 e. The van der Waals surface area contributed by atoms with Crippen LogP contribution in [0, 0.1) is 0 Å². The van der Waals surface area contributed by atoms with Gasteiger partial charge in [-0.25, -0.2) is 0 Å². The van der Waals surface area contributed by atoms with E-state index in [1.165, 1.54) is 49.2 Å². The number of ether oxygens (including phenoxy) is 8. The highest BCUT2D eigenvalue weighted by molar-refractivity contribution is 5.82. The van der Waals surface area contributed by atoms with Crippen LogP contribution in [0.5, 0.6) is 46.0 Å². The molecule has 0 saturated heterocycles. The molecule has 0 fully saturated rings. The molecule has 0 bridgehead atoms. The molecule has 36 heavy (non-hydrogen) atoms. The van der Waals surface area contributed by atoms with Crippen LogP contribution >= 0.6 is 0 Å². The van der Waals surface area contributed by atoms with E-state index in [1.54, 1.807) is 6.07 Å². The van der Waals surface area contributed by atoms with Crippen molar-refractivity contribution < 1.29 is 52.3 Å². The van der Waals surface area contributed by atoms with Crippen molar-refractivity contribution in [1.82, 2.24) is 0 Å². The first kappa shape index (κ1) is 26.5. The monoisotopic (exact) mass is 504 g/mol. The predicted molar refractivity (Wildman–Crippen MR) is 125 cm³/mol. The van der Waals surface area contributed by atoms with Crippen LogP contribution in [0.4, 0.5) is 0 Å². The number of hydrogen-bond donors (Lipinski definition) is 0. The van der Waals surface area contributed by atoms with Gasteiger partial charge < -0.3 is 37.9 Å². The van der Waals surface area contributed by atoms with Gasteiger partial charge in [-0.3, -0.25) is 14.4 Å². The van der Waals surface area contributed by atoms with Crippen molar-refractivity contribution >= 4 is 17.9 Å². The van der Waals surface area contributed by atoms with Crippen LogP contribution in [0.3, 0.4) is 0 Å². The summed E-state index contributed by atoms with van der Waals surface area (Å²) in [7, 11) is 5.67. The fraction of sp³-hybridized carbons (Fsp3) is 0.400. The van der Waals surface area contributed by atoms with E-state index < -0.39 is 23.8 Å². The van der Waals surface area contributed by atoms with E-state index in [4.69, 9.17) is 37.9 Å². The summed E-state index contributed by atoms with van der Waals surface area (Å²) in [6.07, 6.45) is 0.354. The van der Waals surface area contributed by atoms with Gasteiger partial charge in [0, 0.05) is 26.7 Å². The number of carbonyl (C=O) groups is 3. The number of carbonyl (C=O) groups excluding carboxylic acids is 3. The second-order valence-electron chi connectivity index (χ2n) is 7.75. The standard InChI is InChI=1S/C25H28O11/c1-12(26)34-21-18(16-10-15-8-9-17(29-4)20(30-5)19(15)33-11-16)22(35-13(2)27)25(36-14(3)28)24(32-7)23(21)31-6/h8-9,16H,10-11H2,1-7H3. The smallest absolute Gasteiger partial charge is 0.308 e. The molecule has 0 N–H and O–H groups in total. The molecule has 0 amide bonds. The van der Waals surface area contributed by atoms with Gasteiger partial charge in [-0.1, -0.05) is 6.07 Å². The van der Waals surface area contributed by atoms with Gasteiger partial charge in [0.05, 0.1) is 40.6 Å². The van der Waals surface area contributed by atoms with E-state index in [2.05, 4.69) is 0 Å². The number of benzene rings is 2. The van der Waals surface area contributed by atoms with Crippen molar-refractivity contribution in [3.8, 4) is 46.0 Å². The molecule has 1 atom stereocenters. The maximum atomic E-state index is 12.1. The van der Waals surface area contributed by atoms with E-state index in [-0.39, 0.29) is 40.9 Å². The van der Waals surface area contributed by atoms with E-state index in [0.29, 0.717) is 23.7 Å². The quantitative estimate of drug-likeness (QED) is 0.389. The minimum Gasteiger partial charge on any atom is -0.493 e. The van der Waals surface area contributed by atoms with Gasteiger partial charge in [0.15, 0.2) is 23.0 Å². The summed E-state index contributed by atoms with van der Waals surface area (Å²) in [6, 6.07) is 3.55. The summed E-state index contributed by atoms with van der Waals surface area (Å²) in [5.41, 5.74) is 0.991. The number of esters is 3. The number of fused-ring (bicyclic) bond motifs is 1. The first-order chi connectivity index (χ1) is 17.2. The van der Waals surface area contributed by atoms with Crippen molar-refractivity contribution in [3.63, 3.8) is 0 Å². The molecule has 3 rings (SSSR count). The average Bonchev–Trinajstić information content (AvgIpc) is 2.83. The lowest BCUT2D eigenvalue weighted by Crippen LogP contribution is -2.23. The van der Waals surface area contributed by atoms with Crippen molar-refractivity contribution in [2.24, 2.45) is 0 Å². The molecule has 1 aliphatic heterocycles. The summed E-state index contributed by atoms with van der Waals surface area (Å²) < 4.78 is 44.3. The highest BCUT2D eigenvalue weighted by Gasteiger charge is 2.38. The van der Waals surface area contributed by atoms with Crippen LogP contribution in [-0.2, 0) is 20.8 Å². The second-order valence-corrected chi connectivity index (χ2v) is 7.75. The highest BCUT2D eigenvalue weighted by atomic mass is 16.6. The molecule has 0 saturated carbocycles. The first-order valence-electron chi connectivity index (χ1n) is 10.9. The van der Waals surface area contributed by atoms with Crippen LogP contribution in [0.2, 0.25) is 0 Å². The SMILES string of the molecule is COc1ccc2c(c1OC)OCC(c1c(OC(C)=O)c(OC)c(OC)c(OC(C)=O)c1OC(C)=O)C2. The summed E-state index contributed by atoms with van der Waals surface area (Å²) in [4.78, 5) is 36.2. The normalized spacial score (nSPS) is 14.0. The van der Waals surface area contributed by atoms with Crippen LogP contribution in [0.15, 0.2) is 12.1 Å². The molecule has 194 valence electrons. The highest BCUT2D eigenvalue weighted by Crippen LogP contribution is 2.57. The number of methoxy groups -OCH3 is 4. The maximum absolute atomic E-state index is 12.1. The zero-order valence-electron chi connectivity index (χ0n) is 21.1. The van der Waals surface area contributed by atoms with Gasteiger partial charge in [-0.2, -0.15) is 0 Å². The molecule has 0 aromatic heterocycles. The van der Waals surface area contributed by atoms with Crippen LogP contribution in [0.25, 0.3) is 0 Å². The summed E-state index contributed by atoms with van der Waals surface area (Å²) in [6.45, 7) is 3.65. The molecular formula is C25H28O11. The van der Waals surface area contributed by atoms with Gasteiger partial charge in [0.1, 0.15) is 0 Å². The van der Waals surface area contributed by atoms with Gasteiger partial charge in [0.25, 0.3) is 0 Å². The van der Waals surface area contributed by atoms with E-state index >= 15 is 0 Å². The fourth-order valence-electron chi connectivity index (χ4n) is 4.08. The third-order valence-corrected chi connectivity index (χ3v) is 5.34. The molecule has 11 nitrogen and oxygen atoms in total. The van der Waals surface area contributed by atoms with Crippen LogP contribution < -0.4 is 37.9 Å². The zero-order valence-corrected chi connectivity index (χ0v) is 21.1. The third kappa shape index (κ3) is 5.09. The van der Waals surface area contributed by atoms with Gasteiger partial charge in [-0.15, -0.1) is 0 Å². The Morgan fingerprint density at radius 3 is 1.69 bits per heavy atom. The Labute approximate surface area is 208 Å². The lowest BCUT2D eigenvalue weighted by atomic mass is 9.88. The Balaban J connectivity index is 2.32. The third-order valence-electron chi connectivity index (χ3n) is 5.34. The minimum absolute atomic E-state index is 0.0204. The lowest BCUT2D eigenvalue weighted by molar-refractivity contribution is -0.135. The van der Waals surface area contributed by atoms with E-state index in [9.17, 15) is 14.4 Å². The molecule has 1 heterocycles. The Morgan fingerprint density at radius 1 is 0.694 bits per heavy atom. The average molecular weight is 504 g/mol. The molecule has 11 heteroatoms. The van der Waals surface area contributed by atoms with E-state index in [0.717, 1.165) is 5.56 Å². The number of rotatable bonds is 8. The largest absolute Gasteiger partial charge is 0.493 e. The minimum atomic E-state index is -0.700. The van der Waals surface area contributed by atoms with Crippen molar-refractivity contribution in [3.05, 3.63) is 23.3 Å². The molecule has 2 aromatic carbocycles. The Bertz CT molecular complexity index is 1190. The Kier molecular flexibility index (Phi) is 8.13. The second kappa shape index (κ2) is 11.1. The number of hydrogen-bond acceptors (Lipinski definition) is 11. The topological polar surface area (TPSA) is 125 Å². The molecular weight excluding hydrogens is 476 g/mol. The Morgan fingerprint density at radius 2 is 1.19 bits per heavy atom. The zero-order chi connectivity index (χ0) is 26.6. The molecule has 2 aromatic rings. The van der Waals surface area contributed by atoms with Crippen molar-refractivity contribution in [1.29, 1.82) is 0 Å². The summed E-state index contributed by atoms with van der Waals surface area (Å²) in [5, 5.41) is 0. The van der Waals surface area contributed by atoms with Gasteiger partial charge in [-0.05, 0) is 18.1 Å². The molecule has 0 radical (unpaired) electrons. The lowest BCUT2D eigenvalue weighted by Gasteiger charge is -2.30.